The summed E-state index contributed by atoms with van der Waals surface area (Å²) in [6.45, 7) is 1.46. The number of alkyl halides is 3. The van der Waals surface area contributed by atoms with Crippen LogP contribution in [-0.4, -0.2) is 32.0 Å². The summed E-state index contributed by atoms with van der Waals surface area (Å²) in [5.74, 6) is -0.488. The van der Waals surface area contributed by atoms with Gasteiger partial charge >= 0.3 is 12.3 Å². The number of ether oxygens (including phenoxy) is 1. The van der Waals surface area contributed by atoms with E-state index in [1.54, 1.807) is 6.92 Å². The zero-order valence-corrected chi connectivity index (χ0v) is 18.8. The third-order valence-corrected chi connectivity index (χ3v) is 5.27. The molecule has 3 N–H and O–H groups in total. The van der Waals surface area contributed by atoms with E-state index in [-0.39, 0.29) is 33.5 Å². The van der Waals surface area contributed by atoms with Crippen LogP contribution in [0.15, 0.2) is 42.5 Å². The number of hydroxylamine groups is 1. The largest absolute Gasteiger partial charge is 0.453 e. The van der Waals surface area contributed by atoms with Gasteiger partial charge < -0.3 is 15.4 Å². The molecule has 0 aliphatic carbocycles. The van der Waals surface area contributed by atoms with Gasteiger partial charge in [0.15, 0.2) is 0 Å². The lowest BCUT2D eigenvalue weighted by atomic mass is 9.91. The summed E-state index contributed by atoms with van der Waals surface area (Å²) in [5, 5.41) is 4.84. The number of carbonyl (C=O) groups is 2. The molecule has 0 spiro atoms. The molecule has 1 heterocycles. The fourth-order valence-electron chi connectivity index (χ4n) is 3.20. The van der Waals surface area contributed by atoms with Gasteiger partial charge in [0.2, 0.25) is 5.60 Å². The van der Waals surface area contributed by atoms with Crippen molar-refractivity contribution < 1.29 is 32.3 Å². The number of aryl methyl sites for hydroxylation is 1. The molecule has 1 aliphatic rings. The monoisotopic (exact) mass is 503 g/mol. The van der Waals surface area contributed by atoms with E-state index in [4.69, 9.17) is 28.0 Å². The summed E-state index contributed by atoms with van der Waals surface area (Å²) in [6.07, 6.45) is -4.66. The number of halogens is 5. The number of carbonyl (C=O) groups excluding carboxylic acids is 2. The van der Waals surface area contributed by atoms with Gasteiger partial charge in [-0.05, 0) is 54.5 Å². The van der Waals surface area contributed by atoms with E-state index in [1.165, 1.54) is 31.4 Å². The van der Waals surface area contributed by atoms with Crippen LogP contribution in [0.3, 0.4) is 0 Å². The lowest BCUT2D eigenvalue weighted by molar-refractivity contribution is -0.269. The molecular weight excluding hydrogens is 486 g/mol. The van der Waals surface area contributed by atoms with Gasteiger partial charge in [-0.1, -0.05) is 29.3 Å². The first-order valence-electron chi connectivity index (χ1n) is 9.38. The topological polar surface area (TPSA) is 88.7 Å². The maximum atomic E-state index is 14.1. The van der Waals surface area contributed by atoms with E-state index >= 15 is 0 Å². The second-order valence-electron chi connectivity index (χ2n) is 7.03. The highest BCUT2D eigenvalue weighted by atomic mass is 35.5. The van der Waals surface area contributed by atoms with Crippen molar-refractivity contribution in [2.24, 2.45) is 0 Å². The molecule has 3 rings (SSSR count). The van der Waals surface area contributed by atoms with Crippen LogP contribution in [0.4, 0.5) is 18.0 Å². The van der Waals surface area contributed by atoms with E-state index in [1.807, 2.05) is 0 Å². The van der Waals surface area contributed by atoms with Crippen LogP contribution >= 0.6 is 23.2 Å². The highest BCUT2D eigenvalue weighted by Gasteiger charge is 2.59. The summed E-state index contributed by atoms with van der Waals surface area (Å²) in [4.78, 5) is 28.4. The van der Waals surface area contributed by atoms with Crippen LogP contribution < -0.4 is 16.1 Å². The van der Waals surface area contributed by atoms with Crippen LogP contribution in [-0.2, 0) is 15.2 Å². The second-order valence-corrected chi connectivity index (χ2v) is 7.91. The number of nitrogens with one attached hydrogen (secondary N) is 3. The van der Waals surface area contributed by atoms with Gasteiger partial charge in [-0.3, -0.25) is 15.1 Å². The fourth-order valence-corrected chi connectivity index (χ4v) is 3.73. The Kier molecular flexibility index (Phi) is 7.11. The molecule has 33 heavy (non-hydrogen) atoms. The molecule has 0 bridgehead atoms. The number of rotatable bonds is 5. The van der Waals surface area contributed by atoms with Crippen molar-refractivity contribution in [3.63, 3.8) is 0 Å². The molecule has 2 aromatic rings. The van der Waals surface area contributed by atoms with Crippen molar-refractivity contribution in [2.75, 3.05) is 13.8 Å². The molecule has 2 amide bonds. The Balaban J connectivity index is 1.89. The standard InChI is InChI=1S/C21H18Cl2F3N3O4/c1-11-5-12(3-4-16(11)18(30)27-10-28-19(31)32-2)17-9-20(33-29-17,21(24,25)26)13-6-14(22)8-15(23)7-13/h3-9,29H,10H2,1-2H3,(H,27,30)(H,28,31). The maximum absolute atomic E-state index is 14.1. The summed E-state index contributed by atoms with van der Waals surface area (Å²) in [7, 11) is 1.18. The minimum Gasteiger partial charge on any atom is -0.453 e. The van der Waals surface area contributed by atoms with E-state index in [9.17, 15) is 22.8 Å². The molecule has 176 valence electrons. The average Bonchev–Trinajstić information content (AvgIpc) is 3.19. The molecule has 2 aromatic carbocycles. The quantitative estimate of drug-likeness (QED) is 0.515. The number of alkyl carbamates (subject to hydrolysis) is 1. The summed E-state index contributed by atoms with van der Waals surface area (Å²) in [5.41, 5.74) is 0.383. The molecule has 1 atom stereocenters. The third kappa shape index (κ3) is 5.18. The first-order valence-corrected chi connectivity index (χ1v) is 10.1. The van der Waals surface area contributed by atoms with Gasteiger partial charge in [0.25, 0.3) is 5.91 Å². The molecule has 0 saturated carbocycles. The molecule has 0 fully saturated rings. The zero-order chi connectivity index (χ0) is 24.4. The van der Waals surface area contributed by atoms with Gasteiger partial charge in [0.05, 0.1) is 19.5 Å². The fraction of sp³-hybridized carbons (Fsp3) is 0.238. The van der Waals surface area contributed by atoms with Crippen molar-refractivity contribution in [1.29, 1.82) is 0 Å². The number of hydrogen-bond donors (Lipinski definition) is 3. The van der Waals surface area contributed by atoms with Crippen LogP contribution in [0, 0.1) is 6.92 Å². The lowest BCUT2D eigenvalue weighted by Gasteiger charge is -2.28. The Labute approximate surface area is 196 Å². The van der Waals surface area contributed by atoms with Crippen molar-refractivity contribution in [2.45, 2.75) is 18.7 Å². The minimum absolute atomic E-state index is 0.0273. The summed E-state index contributed by atoms with van der Waals surface area (Å²) < 4.78 is 46.7. The van der Waals surface area contributed by atoms with Crippen molar-refractivity contribution in [3.05, 3.63) is 74.8 Å². The van der Waals surface area contributed by atoms with E-state index in [2.05, 4.69) is 20.9 Å². The smallest absolute Gasteiger partial charge is 0.428 e. The van der Waals surface area contributed by atoms with E-state index in [0.717, 1.165) is 18.2 Å². The van der Waals surface area contributed by atoms with Crippen LogP contribution in [0.5, 0.6) is 0 Å². The van der Waals surface area contributed by atoms with Crippen molar-refractivity contribution in [3.8, 4) is 0 Å². The maximum Gasteiger partial charge on any atom is 0.428 e. The highest BCUT2D eigenvalue weighted by molar-refractivity contribution is 6.34. The number of benzene rings is 2. The van der Waals surface area contributed by atoms with Gasteiger partial charge in [-0.15, -0.1) is 0 Å². The molecule has 12 heteroatoms. The molecule has 1 aliphatic heterocycles. The summed E-state index contributed by atoms with van der Waals surface area (Å²) in [6, 6.07) is 8.02. The Bertz CT molecular complexity index is 1100. The molecule has 7 nitrogen and oxygen atoms in total. The van der Waals surface area contributed by atoms with Gasteiger partial charge in [-0.25, -0.2) is 4.79 Å². The van der Waals surface area contributed by atoms with Crippen LogP contribution in [0.2, 0.25) is 10.0 Å². The SMILES string of the molecule is COC(=O)NCNC(=O)c1ccc(C2=CC(c3cc(Cl)cc(Cl)c3)(C(F)(F)F)ON2)cc1C. The zero-order valence-electron chi connectivity index (χ0n) is 17.3. The van der Waals surface area contributed by atoms with E-state index < -0.39 is 23.8 Å². The lowest BCUT2D eigenvalue weighted by Crippen LogP contribution is -2.42. The van der Waals surface area contributed by atoms with Gasteiger partial charge in [0.1, 0.15) is 0 Å². The Morgan fingerprint density at radius 3 is 2.36 bits per heavy atom. The molecular formula is C21H18Cl2F3N3O4. The van der Waals surface area contributed by atoms with Gasteiger partial charge in [-0.2, -0.15) is 13.2 Å². The average molecular weight is 504 g/mol. The third-order valence-electron chi connectivity index (χ3n) is 4.83. The van der Waals surface area contributed by atoms with Crippen LogP contribution in [0.1, 0.15) is 27.0 Å². The number of amides is 2. The minimum atomic E-state index is -4.84. The second kappa shape index (κ2) is 9.50. The Morgan fingerprint density at radius 2 is 1.79 bits per heavy atom. The first kappa shape index (κ1) is 24.7. The van der Waals surface area contributed by atoms with Crippen molar-refractivity contribution >= 4 is 40.9 Å². The van der Waals surface area contributed by atoms with Crippen LogP contribution in [0.25, 0.3) is 5.70 Å². The molecule has 0 radical (unpaired) electrons. The number of methoxy groups -OCH3 is 1. The van der Waals surface area contributed by atoms with Crippen molar-refractivity contribution in [1.82, 2.24) is 16.1 Å². The first-order chi connectivity index (χ1) is 15.5. The normalized spacial score (nSPS) is 17.7. The molecule has 0 saturated heterocycles. The summed E-state index contributed by atoms with van der Waals surface area (Å²) >= 11 is 11.8. The van der Waals surface area contributed by atoms with Gasteiger partial charge in [0, 0.05) is 21.2 Å². The predicted molar refractivity (Wildman–Crippen MR) is 115 cm³/mol. The Morgan fingerprint density at radius 1 is 1.12 bits per heavy atom. The highest BCUT2D eigenvalue weighted by Crippen LogP contribution is 2.48. The van der Waals surface area contributed by atoms with E-state index in [0.29, 0.717) is 11.1 Å². The Hall–Kier alpha value is -2.95. The predicted octanol–water partition coefficient (Wildman–Crippen LogP) is 4.68. The molecule has 1 unspecified atom stereocenters. The molecule has 0 aromatic heterocycles. The number of hydrogen-bond acceptors (Lipinski definition) is 5.